The number of aromatic nitrogens is 5. The van der Waals surface area contributed by atoms with Crippen LogP contribution in [0.15, 0.2) is 58.1 Å². The van der Waals surface area contributed by atoms with E-state index in [0.717, 1.165) is 16.8 Å². The maximum atomic E-state index is 5.91. The molecule has 0 fully saturated rings. The van der Waals surface area contributed by atoms with Crippen LogP contribution < -0.4 is 0 Å². The third kappa shape index (κ3) is 2.93. The number of oxazole rings is 1. The van der Waals surface area contributed by atoms with Gasteiger partial charge < -0.3 is 4.42 Å². The first-order valence-corrected chi connectivity index (χ1v) is 8.17. The predicted molar refractivity (Wildman–Crippen MR) is 87.7 cm³/mol. The first kappa shape index (κ1) is 14.2. The van der Waals surface area contributed by atoms with E-state index >= 15 is 0 Å². The number of benzene rings is 2. The predicted octanol–water partition coefficient (Wildman–Crippen LogP) is 3.75. The van der Waals surface area contributed by atoms with E-state index in [2.05, 4.69) is 20.5 Å². The molecule has 0 unspecified atom stereocenters. The molecule has 23 heavy (non-hydrogen) atoms. The summed E-state index contributed by atoms with van der Waals surface area (Å²) in [5, 5.41) is 13.1. The summed E-state index contributed by atoms with van der Waals surface area (Å²) in [7, 11) is 0. The second kappa shape index (κ2) is 6.02. The first-order valence-electron chi connectivity index (χ1n) is 6.81. The molecular weight excluding hydrogens is 334 g/mol. The van der Waals surface area contributed by atoms with E-state index in [0.29, 0.717) is 21.8 Å². The lowest BCUT2D eigenvalue weighted by Crippen LogP contribution is -1.98. The molecule has 6 nitrogen and oxygen atoms in total. The van der Waals surface area contributed by atoms with Gasteiger partial charge in [-0.15, -0.1) is 5.10 Å². The number of tetrazole rings is 1. The largest absolute Gasteiger partial charge is 0.440 e. The van der Waals surface area contributed by atoms with Gasteiger partial charge in [0.1, 0.15) is 5.52 Å². The highest BCUT2D eigenvalue weighted by molar-refractivity contribution is 7.98. The quantitative estimate of drug-likeness (QED) is 0.526. The van der Waals surface area contributed by atoms with Crippen LogP contribution in [-0.4, -0.2) is 25.2 Å². The maximum Gasteiger partial charge on any atom is 0.214 e. The highest BCUT2D eigenvalue weighted by Gasteiger charge is 2.12. The topological polar surface area (TPSA) is 69.6 Å². The second-order valence-electron chi connectivity index (χ2n) is 4.71. The number of nitrogens with zero attached hydrogens (tertiary/aromatic N) is 5. The fourth-order valence-electron chi connectivity index (χ4n) is 2.12. The zero-order valence-electron chi connectivity index (χ0n) is 11.8. The van der Waals surface area contributed by atoms with E-state index < -0.39 is 0 Å². The van der Waals surface area contributed by atoms with Gasteiger partial charge in [0.2, 0.25) is 11.0 Å². The summed E-state index contributed by atoms with van der Waals surface area (Å²) in [6.07, 6.45) is 0. The summed E-state index contributed by atoms with van der Waals surface area (Å²) in [5.41, 5.74) is 2.47. The molecule has 8 heteroatoms. The SMILES string of the molecule is Clc1ccc(-n2nnnc2SCc2nc3ccccc3o2)cc1. The Kier molecular flexibility index (Phi) is 3.72. The molecule has 4 aromatic rings. The lowest BCUT2D eigenvalue weighted by molar-refractivity contribution is 0.556. The molecule has 0 aliphatic carbocycles. The molecule has 0 saturated heterocycles. The van der Waals surface area contributed by atoms with E-state index in [1.165, 1.54) is 11.8 Å². The van der Waals surface area contributed by atoms with Crippen LogP contribution in [0.3, 0.4) is 0 Å². The van der Waals surface area contributed by atoms with Gasteiger partial charge in [-0.05, 0) is 46.8 Å². The molecule has 114 valence electrons. The fraction of sp³-hybridized carbons (Fsp3) is 0.0667. The zero-order valence-corrected chi connectivity index (χ0v) is 13.3. The van der Waals surface area contributed by atoms with Crippen LogP contribution in [0.2, 0.25) is 5.02 Å². The monoisotopic (exact) mass is 343 g/mol. The molecule has 0 spiro atoms. The Morgan fingerprint density at radius 3 is 2.74 bits per heavy atom. The van der Waals surface area contributed by atoms with E-state index in [9.17, 15) is 0 Å². The third-order valence-electron chi connectivity index (χ3n) is 3.18. The van der Waals surface area contributed by atoms with Crippen molar-refractivity contribution in [2.75, 3.05) is 0 Å². The van der Waals surface area contributed by atoms with Crippen molar-refractivity contribution in [3.63, 3.8) is 0 Å². The molecule has 0 N–H and O–H groups in total. The number of fused-ring (bicyclic) bond motifs is 1. The van der Waals surface area contributed by atoms with Crippen LogP contribution in [0.4, 0.5) is 0 Å². The Morgan fingerprint density at radius 2 is 1.91 bits per heavy atom. The number of thioether (sulfide) groups is 1. The highest BCUT2D eigenvalue weighted by atomic mass is 35.5. The van der Waals surface area contributed by atoms with Crippen LogP contribution in [0, 0.1) is 0 Å². The Labute approximate surface area is 140 Å². The van der Waals surface area contributed by atoms with Crippen molar-refractivity contribution in [1.82, 2.24) is 25.2 Å². The first-order chi connectivity index (χ1) is 11.3. The Bertz CT molecular complexity index is 917. The number of hydrogen-bond donors (Lipinski definition) is 0. The van der Waals surface area contributed by atoms with Crippen molar-refractivity contribution in [3.05, 3.63) is 59.4 Å². The second-order valence-corrected chi connectivity index (χ2v) is 6.09. The van der Waals surface area contributed by atoms with Gasteiger partial charge in [0.25, 0.3) is 0 Å². The number of rotatable bonds is 4. The molecule has 4 rings (SSSR count). The van der Waals surface area contributed by atoms with Crippen LogP contribution in [0.5, 0.6) is 0 Å². The smallest absolute Gasteiger partial charge is 0.214 e. The Balaban J connectivity index is 1.55. The van der Waals surface area contributed by atoms with Gasteiger partial charge in [-0.25, -0.2) is 4.98 Å². The molecule has 0 atom stereocenters. The molecule has 0 bridgehead atoms. The Morgan fingerprint density at radius 1 is 1.09 bits per heavy atom. The molecule has 2 heterocycles. The van der Waals surface area contributed by atoms with Gasteiger partial charge in [0, 0.05) is 5.02 Å². The van der Waals surface area contributed by atoms with Crippen molar-refractivity contribution in [3.8, 4) is 5.69 Å². The van der Waals surface area contributed by atoms with Crippen molar-refractivity contribution in [1.29, 1.82) is 0 Å². The number of para-hydroxylation sites is 2. The lowest BCUT2D eigenvalue weighted by atomic mass is 10.3. The summed E-state index contributed by atoms with van der Waals surface area (Å²) < 4.78 is 7.36. The van der Waals surface area contributed by atoms with Crippen LogP contribution >= 0.6 is 23.4 Å². The molecule has 2 aromatic carbocycles. The average molecular weight is 344 g/mol. The van der Waals surface area contributed by atoms with Crippen molar-refractivity contribution in [2.24, 2.45) is 0 Å². The minimum Gasteiger partial charge on any atom is -0.440 e. The normalized spacial score (nSPS) is 11.2. The minimum atomic E-state index is 0.544. The molecule has 0 aliphatic heterocycles. The molecular formula is C15H10ClN5OS. The van der Waals surface area contributed by atoms with Crippen molar-refractivity contribution >= 4 is 34.5 Å². The van der Waals surface area contributed by atoms with E-state index in [1.807, 2.05) is 36.4 Å². The van der Waals surface area contributed by atoms with Gasteiger partial charge in [-0.3, -0.25) is 0 Å². The third-order valence-corrected chi connectivity index (χ3v) is 4.33. The molecule has 2 aromatic heterocycles. The summed E-state index contributed by atoms with van der Waals surface area (Å²) >= 11 is 7.36. The maximum absolute atomic E-state index is 5.91. The van der Waals surface area contributed by atoms with Crippen molar-refractivity contribution < 1.29 is 4.42 Å². The summed E-state index contributed by atoms with van der Waals surface area (Å²) in [6, 6.07) is 15.0. The van der Waals surface area contributed by atoms with Gasteiger partial charge in [0.15, 0.2) is 5.58 Å². The zero-order chi connectivity index (χ0) is 15.6. The van der Waals surface area contributed by atoms with Gasteiger partial charge in [-0.1, -0.05) is 35.5 Å². The van der Waals surface area contributed by atoms with Crippen LogP contribution in [0.1, 0.15) is 5.89 Å². The minimum absolute atomic E-state index is 0.544. The standard InChI is InChI=1S/C15H10ClN5OS/c16-10-5-7-11(8-6-10)21-15(18-19-20-21)23-9-14-17-12-3-1-2-4-13(12)22-14/h1-8H,9H2. The van der Waals surface area contributed by atoms with Crippen LogP contribution in [-0.2, 0) is 5.75 Å². The molecule has 0 aliphatic rings. The fourth-order valence-corrected chi connectivity index (χ4v) is 2.98. The van der Waals surface area contributed by atoms with Crippen molar-refractivity contribution in [2.45, 2.75) is 10.9 Å². The lowest BCUT2D eigenvalue weighted by Gasteiger charge is -2.03. The van der Waals surface area contributed by atoms with Gasteiger partial charge in [-0.2, -0.15) is 4.68 Å². The van der Waals surface area contributed by atoms with E-state index in [4.69, 9.17) is 16.0 Å². The summed E-state index contributed by atoms with van der Waals surface area (Å²) in [6.45, 7) is 0. The van der Waals surface area contributed by atoms with Gasteiger partial charge in [0.05, 0.1) is 11.4 Å². The van der Waals surface area contributed by atoms with Crippen LogP contribution in [0.25, 0.3) is 16.8 Å². The summed E-state index contributed by atoms with van der Waals surface area (Å²) in [5.74, 6) is 1.18. The molecule has 0 radical (unpaired) electrons. The van der Waals surface area contributed by atoms with E-state index in [-0.39, 0.29) is 0 Å². The number of halogens is 1. The highest BCUT2D eigenvalue weighted by Crippen LogP contribution is 2.24. The molecule has 0 amide bonds. The van der Waals surface area contributed by atoms with E-state index in [1.54, 1.807) is 16.8 Å². The van der Waals surface area contributed by atoms with Gasteiger partial charge >= 0.3 is 0 Å². The Hall–Kier alpha value is -2.38. The average Bonchev–Trinajstić information content (AvgIpc) is 3.19. The summed E-state index contributed by atoms with van der Waals surface area (Å²) in [4.78, 5) is 4.44. The molecule has 0 saturated carbocycles. The number of hydrogen-bond acceptors (Lipinski definition) is 6.